The first-order valence-electron chi connectivity index (χ1n) is 6.81. The Labute approximate surface area is 119 Å². The lowest BCUT2D eigenvalue weighted by Crippen LogP contribution is -2.26. The van der Waals surface area contributed by atoms with Crippen LogP contribution in [0.2, 0.25) is 0 Å². The summed E-state index contributed by atoms with van der Waals surface area (Å²) < 4.78 is 4.90. The SMILES string of the molecule is Cc1cc(C(=O)NC(C)c2ccc(C(C)C)cc2)no1. The lowest BCUT2D eigenvalue weighted by molar-refractivity contribution is 0.0930. The highest BCUT2D eigenvalue weighted by molar-refractivity contribution is 5.92. The Kier molecular flexibility index (Phi) is 4.23. The van der Waals surface area contributed by atoms with Gasteiger partial charge < -0.3 is 9.84 Å². The van der Waals surface area contributed by atoms with Crippen molar-refractivity contribution in [2.24, 2.45) is 0 Å². The van der Waals surface area contributed by atoms with Gasteiger partial charge >= 0.3 is 0 Å². The van der Waals surface area contributed by atoms with E-state index in [-0.39, 0.29) is 11.9 Å². The number of nitrogens with one attached hydrogen (secondary N) is 1. The van der Waals surface area contributed by atoms with Crippen molar-refractivity contribution in [2.75, 3.05) is 0 Å². The van der Waals surface area contributed by atoms with Crippen molar-refractivity contribution in [2.45, 2.75) is 39.7 Å². The van der Waals surface area contributed by atoms with E-state index in [2.05, 4.69) is 36.5 Å². The average Bonchev–Trinajstić information content (AvgIpc) is 2.85. The van der Waals surface area contributed by atoms with Gasteiger partial charge in [-0.05, 0) is 30.9 Å². The molecule has 0 aliphatic heterocycles. The Morgan fingerprint density at radius 1 is 1.15 bits per heavy atom. The quantitative estimate of drug-likeness (QED) is 0.925. The molecule has 0 aliphatic carbocycles. The van der Waals surface area contributed by atoms with Gasteiger partial charge in [-0.15, -0.1) is 0 Å². The number of carbonyl (C=O) groups is 1. The summed E-state index contributed by atoms with van der Waals surface area (Å²) in [7, 11) is 0. The molecule has 0 aliphatic rings. The molecule has 1 aromatic carbocycles. The molecule has 0 saturated heterocycles. The monoisotopic (exact) mass is 272 g/mol. The fourth-order valence-corrected chi connectivity index (χ4v) is 2.00. The second-order valence-corrected chi connectivity index (χ2v) is 5.34. The molecule has 4 heteroatoms. The summed E-state index contributed by atoms with van der Waals surface area (Å²) in [6.07, 6.45) is 0. The van der Waals surface area contributed by atoms with Gasteiger partial charge in [0.1, 0.15) is 5.76 Å². The molecule has 106 valence electrons. The molecule has 0 fully saturated rings. The lowest BCUT2D eigenvalue weighted by atomic mass is 9.99. The highest BCUT2D eigenvalue weighted by atomic mass is 16.5. The number of hydrogen-bond donors (Lipinski definition) is 1. The van der Waals surface area contributed by atoms with Crippen molar-refractivity contribution in [3.63, 3.8) is 0 Å². The van der Waals surface area contributed by atoms with Crippen molar-refractivity contribution in [3.05, 3.63) is 52.9 Å². The summed E-state index contributed by atoms with van der Waals surface area (Å²) in [4.78, 5) is 12.0. The zero-order valence-electron chi connectivity index (χ0n) is 12.3. The zero-order chi connectivity index (χ0) is 14.7. The topological polar surface area (TPSA) is 55.1 Å². The van der Waals surface area contributed by atoms with Crippen LogP contribution in [-0.2, 0) is 0 Å². The van der Waals surface area contributed by atoms with Crippen LogP contribution < -0.4 is 5.32 Å². The molecule has 2 aromatic rings. The molecule has 0 spiro atoms. The van der Waals surface area contributed by atoms with E-state index < -0.39 is 0 Å². The summed E-state index contributed by atoms with van der Waals surface area (Å²) in [5.41, 5.74) is 2.68. The van der Waals surface area contributed by atoms with Gasteiger partial charge in [0.2, 0.25) is 0 Å². The van der Waals surface area contributed by atoms with Crippen molar-refractivity contribution in [3.8, 4) is 0 Å². The van der Waals surface area contributed by atoms with E-state index in [1.807, 2.05) is 19.1 Å². The maximum Gasteiger partial charge on any atom is 0.273 e. The molecule has 0 radical (unpaired) electrons. The molecule has 1 amide bonds. The third-order valence-electron chi connectivity index (χ3n) is 3.31. The van der Waals surface area contributed by atoms with E-state index in [1.54, 1.807) is 13.0 Å². The number of rotatable bonds is 4. The molecule has 1 heterocycles. The van der Waals surface area contributed by atoms with E-state index >= 15 is 0 Å². The van der Waals surface area contributed by atoms with Crippen molar-refractivity contribution in [1.29, 1.82) is 0 Å². The first-order valence-corrected chi connectivity index (χ1v) is 6.81. The predicted molar refractivity (Wildman–Crippen MR) is 77.7 cm³/mol. The van der Waals surface area contributed by atoms with Gasteiger partial charge in [-0.1, -0.05) is 43.3 Å². The second-order valence-electron chi connectivity index (χ2n) is 5.34. The third kappa shape index (κ3) is 3.26. The van der Waals surface area contributed by atoms with Crippen LogP contribution >= 0.6 is 0 Å². The standard InChI is InChI=1S/C16H20N2O2/c1-10(2)13-5-7-14(8-6-13)12(4)17-16(19)15-9-11(3)20-18-15/h5-10,12H,1-4H3,(H,17,19). The number of aryl methyl sites for hydroxylation is 1. The van der Waals surface area contributed by atoms with E-state index in [0.717, 1.165) is 5.56 Å². The fraction of sp³-hybridized carbons (Fsp3) is 0.375. The Morgan fingerprint density at radius 2 is 1.75 bits per heavy atom. The Bertz CT molecular complexity index is 585. The van der Waals surface area contributed by atoms with Gasteiger partial charge in [0.25, 0.3) is 5.91 Å². The van der Waals surface area contributed by atoms with Crippen LogP contribution in [0.1, 0.15) is 60.1 Å². The zero-order valence-corrected chi connectivity index (χ0v) is 12.3. The lowest BCUT2D eigenvalue weighted by Gasteiger charge is -2.14. The molecule has 0 bridgehead atoms. The van der Waals surface area contributed by atoms with Crippen LogP contribution in [0.15, 0.2) is 34.9 Å². The van der Waals surface area contributed by atoms with E-state index in [9.17, 15) is 4.79 Å². The average molecular weight is 272 g/mol. The van der Waals surface area contributed by atoms with E-state index in [1.165, 1.54) is 5.56 Å². The Balaban J connectivity index is 2.04. The fourth-order valence-electron chi connectivity index (χ4n) is 2.00. The van der Waals surface area contributed by atoms with Crippen molar-refractivity contribution >= 4 is 5.91 Å². The summed E-state index contributed by atoms with van der Waals surface area (Å²) >= 11 is 0. The number of amides is 1. The summed E-state index contributed by atoms with van der Waals surface area (Å²) in [6, 6.07) is 9.86. The van der Waals surface area contributed by atoms with Gasteiger partial charge in [-0.2, -0.15) is 0 Å². The van der Waals surface area contributed by atoms with Gasteiger partial charge in [-0.25, -0.2) is 0 Å². The van der Waals surface area contributed by atoms with Gasteiger partial charge in [0, 0.05) is 6.07 Å². The number of nitrogens with zero attached hydrogens (tertiary/aromatic N) is 1. The number of hydrogen-bond acceptors (Lipinski definition) is 3. The summed E-state index contributed by atoms with van der Waals surface area (Å²) in [5, 5.41) is 6.63. The molecule has 2 rings (SSSR count). The highest BCUT2D eigenvalue weighted by Crippen LogP contribution is 2.18. The number of carbonyl (C=O) groups excluding carboxylic acids is 1. The first kappa shape index (κ1) is 14.3. The molecule has 1 unspecified atom stereocenters. The number of aromatic nitrogens is 1. The first-order chi connectivity index (χ1) is 9.47. The van der Waals surface area contributed by atoms with E-state index in [4.69, 9.17) is 4.52 Å². The van der Waals surface area contributed by atoms with Crippen LogP contribution in [-0.4, -0.2) is 11.1 Å². The molecule has 1 aromatic heterocycles. The van der Waals surface area contributed by atoms with Crippen molar-refractivity contribution in [1.82, 2.24) is 10.5 Å². The van der Waals surface area contributed by atoms with Crippen LogP contribution in [0.3, 0.4) is 0 Å². The molecule has 0 saturated carbocycles. The van der Waals surface area contributed by atoms with Crippen LogP contribution in [0.25, 0.3) is 0 Å². The Hall–Kier alpha value is -2.10. The van der Waals surface area contributed by atoms with Gasteiger partial charge in [0.15, 0.2) is 5.69 Å². The molecule has 4 nitrogen and oxygen atoms in total. The highest BCUT2D eigenvalue weighted by Gasteiger charge is 2.14. The molecular formula is C16H20N2O2. The maximum absolute atomic E-state index is 12.0. The maximum atomic E-state index is 12.0. The third-order valence-corrected chi connectivity index (χ3v) is 3.31. The van der Waals surface area contributed by atoms with E-state index in [0.29, 0.717) is 17.4 Å². The molecular weight excluding hydrogens is 252 g/mol. The number of benzene rings is 1. The molecule has 1 atom stereocenters. The minimum Gasteiger partial charge on any atom is -0.361 e. The van der Waals surface area contributed by atoms with Crippen LogP contribution in [0.4, 0.5) is 0 Å². The molecule has 20 heavy (non-hydrogen) atoms. The molecule has 1 N–H and O–H groups in total. The van der Waals surface area contributed by atoms with Crippen LogP contribution in [0, 0.1) is 6.92 Å². The largest absolute Gasteiger partial charge is 0.361 e. The summed E-state index contributed by atoms with van der Waals surface area (Å²) in [5.74, 6) is 0.915. The second kappa shape index (κ2) is 5.90. The van der Waals surface area contributed by atoms with Crippen molar-refractivity contribution < 1.29 is 9.32 Å². The predicted octanol–water partition coefficient (Wildman–Crippen LogP) is 3.60. The van der Waals surface area contributed by atoms with Gasteiger partial charge in [0.05, 0.1) is 6.04 Å². The van der Waals surface area contributed by atoms with Crippen LogP contribution in [0.5, 0.6) is 0 Å². The minimum absolute atomic E-state index is 0.0688. The Morgan fingerprint density at radius 3 is 2.25 bits per heavy atom. The smallest absolute Gasteiger partial charge is 0.273 e. The minimum atomic E-state index is -0.220. The normalized spacial score (nSPS) is 12.4. The van der Waals surface area contributed by atoms with Gasteiger partial charge in [-0.3, -0.25) is 4.79 Å². The summed E-state index contributed by atoms with van der Waals surface area (Å²) in [6.45, 7) is 8.04.